The highest BCUT2D eigenvalue weighted by Gasteiger charge is 2.25. The SMILES string of the molecule is CC(=O)N(CCC(=O)N1CCc2ccccc21)c1c(C)cc(C)cc1C. The van der Waals surface area contributed by atoms with Crippen LogP contribution in [-0.4, -0.2) is 24.9 Å². The van der Waals surface area contributed by atoms with Crippen molar-refractivity contribution in [2.45, 2.75) is 40.5 Å². The van der Waals surface area contributed by atoms with E-state index >= 15 is 0 Å². The van der Waals surface area contributed by atoms with Crippen molar-refractivity contribution in [1.82, 2.24) is 0 Å². The van der Waals surface area contributed by atoms with E-state index in [1.807, 2.05) is 36.9 Å². The van der Waals surface area contributed by atoms with Crippen LogP contribution < -0.4 is 9.80 Å². The molecule has 3 rings (SSSR count). The van der Waals surface area contributed by atoms with Gasteiger partial charge >= 0.3 is 0 Å². The van der Waals surface area contributed by atoms with Crippen LogP contribution in [0.15, 0.2) is 36.4 Å². The molecule has 0 radical (unpaired) electrons. The predicted molar refractivity (Wildman–Crippen MR) is 106 cm³/mol. The van der Waals surface area contributed by atoms with E-state index in [2.05, 4.69) is 25.1 Å². The molecule has 0 saturated heterocycles. The van der Waals surface area contributed by atoms with Crippen LogP contribution in [0.2, 0.25) is 0 Å². The smallest absolute Gasteiger partial charge is 0.228 e. The maximum absolute atomic E-state index is 12.8. The van der Waals surface area contributed by atoms with Crippen molar-refractivity contribution in [2.24, 2.45) is 0 Å². The zero-order valence-corrected chi connectivity index (χ0v) is 16.0. The molecule has 4 nitrogen and oxygen atoms in total. The van der Waals surface area contributed by atoms with Gasteiger partial charge in [0, 0.05) is 37.8 Å². The summed E-state index contributed by atoms with van der Waals surface area (Å²) in [5.41, 5.74) is 6.46. The third-order valence-corrected chi connectivity index (χ3v) is 5.02. The number of hydrogen-bond donors (Lipinski definition) is 0. The summed E-state index contributed by atoms with van der Waals surface area (Å²) in [5.74, 6) is 0.0401. The molecule has 4 heteroatoms. The molecule has 0 atom stereocenters. The Morgan fingerprint density at radius 2 is 1.73 bits per heavy atom. The molecule has 136 valence electrons. The first-order valence-electron chi connectivity index (χ1n) is 9.12. The second-order valence-corrected chi connectivity index (χ2v) is 7.09. The molecule has 2 amide bonds. The van der Waals surface area contributed by atoms with Crippen LogP contribution in [0, 0.1) is 20.8 Å². The summed E-state index contributed by atoms with van der Waals surface area (Å²) >= 11 is 0. The van der Waals surface area contributed by atoms with E-state index in [1.54, 1.807) is 11.8 Å². The van der Waals surface area contributed by atoms with Crippen molar-refractivity contribution in [3.63, 3.8) is 0 Å². The molecular formula is C22H26N2O2. The Hall–Kier alpha value is -2.62. The Labute approximate surface area is 155 Å². The first-order chi connectivity index (χ1) is 12.4. The lowest BCUT2D eigenvalue weighted by Gasteiger charge is -2.26. The average Bonchev–Trinajstić information content (AvgIpc) is 3.00. The lowest BCUT2D eigenvalue weighted by Crippen LogP contribution is -2.36. The molecule has 1 heterocycles. The van der Waals surface area contributed by atoms with E-state index in [0.717, 1.165) is 35.5 Å². The van der Waals surface area contributed by atoms with E-state index < -0.39 is 0 Å². The van der Waals surface area contributed by atoms with Crippen LogP contribution in [0.5, 0.6) is 0 Å². The quantitative estimate of drug-likeness (QED) is 0.838. The molecule has 2 aromatic rings. The van der Waals surface area contributed by atoms with E-state index in [1.165, 1.54) is 11.1 Å². The number of carbonyl (C=O) groups excluding carboxylic acids is 2. The van der Waals surface area contributed by atoms with Crippen molar-refractivity contribution in [3.05, 3.63) is 58.7 Å². The Morgan fingerprint density at radius 3 is 2.38 bits per heavy atom. The second kappa shape index (κ2) is 7.32. The van der Waals surface area contributed by atoms with E-state index in [0.29, 0.717) is 13.0 Å². The van der Waals surface area contributed by atoms with Crippen molar-refractivity contribution in [3.8, 4) is 0 Å². The summed E-state index contributed by atoms with van der Waals surface area (Å²) in [6, 6.07) is 12.2. The first kappa shape index (κ1) is 18.2. The van der Waals surface area contributed by atoms with Crippen LogP contribution >= 0.6 is 0 Å². The third kappa shape index (κ3) is 3.50. The Kier molecular flexibility index (Phi) is 5.12. The number of aryl methyl sites for hydroxylation is 3. The molecule has 26 heavy (non-hydrogen) atoms. The Bertz CT molecular complexity index is 834. The van der Waals surface area contributed by atoms with E-state index in [9.17, 15) is 9.59 Å². The molecular weight excluding hydrogens is 324 g/mol. The molecule has 0 N–H and O–H groups in total. The number of fused-ring (bicyclic) bond motifs is 1. The van der Waals surface area contributed by atoms with Gasteiger partial charge in [-0.1, -0.05) is 35.9 Å². The van der Waals surface area contributed by atoms with Gasteiger partial charge in [0.25, 0.3) is 0 Å². The zero-order valence-electron chi connectivity index (χ0n) is 16.0. The van der Waals surface area contributed by atoms with Gasteiger partial charge in [-0.15, -0.1) is 0 Å². The highest BCUT2D eigenvalue weighted by Crippen LogP contribution is 2.29. The van der Waals surface area contributed by atoms with Gasteiger partial charge in [-0.25, -0.2) is 0 Å². The van der Waals surface area contributed by atoms with Gasteiger partial charge in [-0.05, 0) is 49.9 Å². The molecule has 0 aromatic heterocycles. The van der Waals surface area contributed by atoms with Crippen molar-refractivity contribution in [1.29, 1.82) is 0 Å². The molecule has 0 spiro atoms. The van der Waals surface area contributed by atoms with Gasteiger partial charge < -0.3 is 9.80 Å². The number of rotatable bonds is 4. The van der Waals surface area contributed by atoms with E-state index in [-0.39, 0.29) is 11.8 Å². The number of carbonyl (C=O) groups is 2. The van der Waals surface area contributed by atoms with Gasteiger partial charge in [-0.3, -0.25) is 9.59 Å². The van der Waals surface area contributed by atoms with Gasteiger partial charge in [0.1, 0.15) is 0 Å². The lowest BCUT2D eigenvalue weighted by atomic mass is 10.0. The van der Waals surface area contributed by atoms with E-state index in [4.69, 9.17) is 0 Å². The normalized spacial score (nSPS) is 12.8. The van der Waals surface area contributed by atoms with Crippen LogP contribution in [-0.2, 0) is 16.0 Å². The number of hydrogen-bond acceptors (Lipinski definition) is 2. The average molecular weight is 350 g/mol. The second-order valence-electron chi connectivity index (χ2n) is 7.09. The number of amides is 2. The molecule has 0 saturated carbocycles. The summed E-state index contributed by atoms with van der Waals surface area (Å²) in [7, 11) is 0. The fraction of sp³-hybridized carbons (Fsp3) is 0.364. The number of nitrogens with zero attached hydrogens (tertiary/aromatic N) is 2. The largest absolute Gasteiger partial charge is 0.312 e. The van der Waals surface area contributed by atoms with Crippen molar-refractivity contribution in [2.75, 3.05) is 22.9 Å². The zero-order chi connectivity index (χ0) is 18.8. The minimum absolute atomic E-state index is 0.0327. The van der Waals surface area contributed by atoms with Gasteiger partial charge in [-0.2, -0.15) is 0 Å². The molecule has 0 bridgehead atoms. The van der Waals surface area contributed by atoms with Gasteiger partial charge in [0.15, 0.2) is 0 Å². The first-order valence-corrected chi connectivity index (χ1v) is 9.12. The highest BCUT2D eigenvalue weighted by molar-refractivity contribution is 5.98. The molecule has 1 aliphatic rings. The van der Waals surface area contributed by atoms with Crippen LogP contribution in [0.4, 0.5) is 11.4 Å². The van der Waals surface area contributed by atoms with Crippen LogP contribution in [0.25, 0.3) is 0 Å². The molecule has 0 fully saturated rings. The van der Waals surface area contributed by atoms with Crippen LogP contribution in [0.3, 0.4) is 0 Å². The highest BCUT2D eigenvalue weighted by atomic mass is 16.2. The maximum atomic E-state index is 12.8. The van der Waals surface area contributed by atoms with Gasteiger partial charge in [0.2, 0.25) is 11.8 Å². The van der Waals surface area contributed by atoms with Crippen molar-refractivity contribution < 1.29 is 9.59 Å². The predicted octanol–water partition coefficient (Wildman–Crippen LogP) is 3.94. The molecule has 0 aliphatic carbocycles. The minimum atomic E-state index is -0.0327. The fourth-order valence-corrected chi connectivity index (χ4v) is 3.96. The molecule has 0 unspecified atom stereocenters. The summed E-state index contributed by atoms with van der Waals surface area (Å²) in [6.07, 6.45) is 1.22. The maximum Gasteiger partial charge on any atom is 0.228 e. The Balaban J connectivity index is 1.77. The summed E-state index contributed by atoms with van der Waals surface area (Å²) in [6.45, 7) is 8.77. The standard InChI is InChI=1S/C22H26N2O2/c1-15-13-16(2)22(17(3)14-15)23(18(4)25)12-10-21(26)24-11-9-19-7-5-6-8-20(19)24/h5-8,13-14H,9-12H2,1-4H3. The molecule has 2 aromatic carbocycles. The summed E-state index contributed by atoms with van der Waals surface area (Å²) in [4.78, 5) is 28.6. The summed E-state index contributed by atoms with van der Waals surface area (Å²) in [5, 5.41) is 0. The van der Waals surface area contributed by atoms with Gasteiger partial charge in [0.05, 0.1) is 0 Å². The minimum Gasteiger partial charge on any atom is -0.312 e. The van der Waals surface area contributed by atoms with Crippen LogP contribution in [0.1, 0.15) is 35.6 Å². The number of para-hydroxylation sites is 1. The topological polar surface area (TPSA) is 40.6 Å². The monoisotopic (exact) mass is 350 g/mol. The number of anilines is 2. The summed E-state index contributed by atoms with van der Waals surface area (Å²) < 4.78 is 0. The van der Waals surface area contributed by atoms with Crippen molar-refractivity contribution >= 4 is 23.2 Å². The third-order valence-electron chi connectivity index (χ3n) is 5.02. The fourth-order valence-electron chi connectivity index (χ4n) is 3.96. The number of benzene rings is 2. The lowest BCUT2D eigenvalue weighted by molar-refractivity contribution is -0.118. The Morgan fingerprint density at radius 1 is 1.08 bits per heavy atom. The molecule has 1 aliphatic heterocycles.